The normalized spacial score (nSPS) is 10.9. The molecule has 1 aromatic rings. The van der Waals surface area contributed by atoms with E-state index in [9.17, 15) is 4.79 Å². The zero-order valence-corrected chi connectivity index (χ0v) is 11.2. The molecule has 15 heavy (non-hydrogen) atoms. The standard InChI is InChI=1S/C10H14BrNO2S/c1-12(4-5-14-2)7-9(13)10-8(11)3-6-15-10/h3,6H,4-5,7H2,1-2H3. The highest BCUT2D eigenvalue weighted by Gasteiger charge is 2.13. The Morgan fingerprint density at radius 3 is 2.93 bits per heavy atom. The summed E-state index contributed by atoms with van der Waals surface area (Å²) in [5.74, 6) is 0.149. The maximum absolute atomic E-state index is 11.8. The Morgan fingerprint density at radius 2 is 2.40 bits per heavy atom. The molecule has 1 heterocycles. The van der Waals surface area contributed by atoms with Crippen LogP contribution >= 0.6 is 27.3 Å². The summed E-state index contributed by atoms with van der Waals surface area (Å²) in [7, 11) is 3.57. The van der Waals surface area contributed by atoms with Gasteiger partial charge in [0.15, 0.2) is 5.78 Å². The molecule has 0 N–H and O–H groups in total. The molecule has 3 nitrogen and oxygen atoms in total. The van der Waals surface area contributed by atoms with Gasteiger partial charge in [-0.3, -0.25) is 9.69 Å². The molecule has 0 atom stereocenters. The Labute approximate surface area is 102 Å². The van der Waals surface area contributed by atoms with Gasteiger partial charge in [-0.25, -0.2) is 0 Å². The largest absolute Gasteiger partial charge is 0.383 e. The first-order valence-electron chi connectivity index (χ1n) is 4.59. The third-order valence-corrected chi connectivity index (χ3v) is 3.84. The molecule has 0 unspecified atom stereocenters. The first-order chi connectivity index (χ1) is 7.15. The lowest BCUT2D eigenvalue weighted by molar-refractivity contribution is 0.0926. The molecule has 0 fully saturated rings. The molecule has 84 valence electrons. The number of likely N-dealkylation sites (N-methyl/N-ethyl adjacent to an activating group) is 1. The van der Waals surface area contributed by atoms with E-state index in [4.69, 9.17) is 4.74 Å². The van der Waals surface area contributed by atoms with Gasteiger partial charge in [-0.1, -0.05) is 0 Å². The summed E-state index contributed by atoms with van der Waals surface area (Å²) < 4.78 is 5.84. The van der Waals surface area contributed by atoms with Crippen molar-refractivity contribution in [3.8, 4) is 0 Å². The van der Waals surface area contributed by atoms with Crippen LogP contribution in [0.5, 0.6) is 0 Å². The lowest BCUT2D eigenvalue weighted by Gasteiger charge is -2.14. The van der Waals surface area contributed by atoms with Crippen molar-refractivity contribution in [1.82, 2.24) is 4.90 Å². The highest BCUT2D eigenvalue weighted by Crippen LogP contribution is 2.23. The molecule has 1 aromatic heterocycles. The second-order valence-corrected chi connectivity index (χ2v) is 5.02. The van der Waals surface area contributed by atoms with Crippen molar-refractivity contribution >= 4 is 33.0 Å². The lowest BCUT2D eigenvalue weighted by Crippen LogP contribution is -2.28. The number of ketones is 1. The van der Waals surface area contributed by atoms with Gasteiger partial charge in [0, 0.05) is 18.1 Å². The molecule has 0 aliphatic rings. The summed E-state index contributed by atoms with van der Waals surface area (Å²) in [4.78, 5) is 14.5. The van der Waals surface area contributed by atoms with Crippen molar-refractivity contribution in [2.24, 2.45) is 0 Å². The number of methoxy groups -OCH3 is 1. The topological polar surface area (TPSA) is 29.5 Å². The minimum Gasteiger partial charge on any atom is -0.383 e. The zero-order valence-electron chi connectivity index (χ0n) is 8.83. The van der Waals surface area contributed by atoms with E-state index in [1.165, 1.54) is 11.3 Å². The van der Waals surface area contributed by atoms with E-state index in [1.807, 2.05) is 23.4 Å². The summed E-state index contributed by atoms with van der Waals surface area (Å²) in [6, 6.07) is 1.90. The maximum Gasteiger partial charge on any atom is 0.187 e. The molecule has 1 rings (SSSR count). The summed E-state index contributed by atoms with van der Waals surface area (Å²) in [6.45, 7) is 1.85. The second kappa shape index (κ2) is 6.37. The van der Waals surface area contributed by atoms with E-state index in [2.05, 4.69) is 15.9 Å². The summed E-state index contributed by atoms with van der Waals surface area (Å²) in [5.41, 5.74) is 0. The molecule has 5 heteroatoms. The SMILES string of the molecule is COCCN(C)CC(=O)c1sccc1Br. The quantitative estimate of drug-likeness (QED) is 0.753. The van der Waals surface area contributed by atoms with Gasteiger partial charge >= 0.3 is 0 Å². The van der Waals surface area contributed by atoms with Crippen molar-refractivity contribution in [3.05, 3.63) is 20.8 Å². The molecular formula is C10H14BrNO2S. The zero-order chi connectivity index (χ0) is 11.3. The number of nitrogens with zero attached hydrogens (tertiary/aromatic N) is 1. The van der Waals surface area contributed by atoms with Gasteiger partial charge in [0.2, 0.25) is 0 Å². The monoisotopic (exact) mass is 291 g/mol. The smallest absolute Gasteiger partial charge is 0.187 e. The van der Waals surface area contributed by atoms with Crippen molar-refractivity contribution < 1.29 is 9.53 Å². The number of thiophene rings is 1. The van der Waals surface area contributed by atoms with Crippen molar-refractivity contribution in [3.63, 3.8) is 0 Å². The summed E-state index contributed by atoms with van der Waals surface area (Å²) >= 11 is 4.82. The van der Waals surface area contributed by atoms with Crippen LogP contribution in [0.4, 0.5) is 0 Å². The van der Waals surface area contributed by atoms with Gasteiger partial charge in [0.1, 0.15) is 0 Å². The predicted octanol–water partition coefficient (Wildman–Crippen LogP) is 2.27. The number of rotatable bonds is 6. The van der Waals surface area contributed by atoms with E-state index in [1.54, 1.807) is 7.11 Å². The molecule has 0 aliphatic carbocycles. The van der Waals surface area contributed by atoms with Crippen LogP contribution < -0.4 is 0 Å². The number of carbonyl (C=O) groups is 1. The molecule has 0 amide bonds. The van der Waals surface area contributed by atoms with Crippen LogP contribution in [0.3, 0.4) is 0 Å². The van der Waals surface area contributed by atoms with E-state index >= 15 is 0 Å². The summed E-state index contributed by atoms with van der Waals surface area (Å²) in [5, 5.41) is 1.91. The Kier molecular flexibility index (Phi) is 5.45. The molecule has 0 aromatic carbocycles. The fourth-order valence-electron chi connectivity index (χ4n) is 1.14. The molecule has 0 aliphatic heterocycles. The van der Waals surface area contributed by atoms with Crippen LogP contribution in [-0.2, 0) is 4.74 Å². The number of Topliss-reactive ketones (excluding diaryl/α,β-unsaturated/α-hetero) is 1. The van der Waals surface area contributed by atoms with Crippen LogP contribution in [-0.4, -0.2) is 44.5 Å². The van der Waals surface area contributed by atoms with E-state index in [0.717, 1.165) is 15.9 Å². The first kappa shape index (κ1) is 12.8. The van der Waals surface area contributed by atoms with Gasteiger partial charge in [0.05, 0.1) is 18.0 Å². The Balaban J connectivity index is 2.46. The Bertz CT molecular complexity index is 327. The van der Waals surface area contributed by atoms with Crippen molar-refractivity contribution in [2.75, 3.05) is 33.9 Å². The van der Waals surface area contributed by atoms with Crippen LogP contribution in [0.1, 0.15) is 9.67 Å². The maximum atomic E-state index is 11.8. The van der Waals surface area contributed by atoms with Gasteiger partial charge in [-0.2, -0.15) is 0 Å². The highest BCUT2D eigenvalue weighted by atomic mass is 79.9. The first-order valence-corrected chi connectivity index (χ1v) is 6.26. The highest BCUT2D eigenvalue weighted by molar-refractivity contribution is 9.10. The average Bonchev–Trinajstić information content (AvgIpc) is 2.61. The van der Waals surface area contributed by atoms with Crippen LogP contribution in [0.25, 0.3) is 0 Å². The number of ether oxygens (including phenoxy) is 1. The van der Waals surface area contributed by atoms with Gasteiger partial charge in [-0.05, 0) is 34.4 Å². The van der Waals surface area contributed by atoms with Gasteiger partial charge < -0.3 is 4.74 Å². The number of carbonyl (C=O) groups excluding carboxylic acids is 1. The molecule has 0 bridgehead atoms. The fraction of sp³-hybridized carbons (Fsp3) is 0.500. The molecule has 0 spiro atoms. The molecule has 0 saturated heterocycles. The van der Waals surface area contributed by atoms with Crippen molar-refractivity contribution in [1.29, 1.82) is 0 Å². The third kappa shape index (κ3) is 4.03. The number of hydrogen-bond donors (Lipinski definition) is 0. The van der Waals surface area contributed by atoms with Gasteiger partial charge in [0.25, 0.3) is 0 Å². The van der Waals surface area contributed by atoms with E-state index in [0.29, 0.717) is 13.2 Å². The summed E-state index contributed by atoms with van der Waals surface area (Å²) in [6.07, 6.45) is 0. The lowest BCUT2D eigenvalue weighted by atomic mass is 10.3. The second-order valence-electron chi connectivity index (χ2n) is 3.25. The fourth-order valence-corrected chi connectivity index (χ4v) is 2.66. The van der Waals surface area contributed by atoms with E-state index in [-0.39, 0.29) is 5.78 Å². The molecule has 0 radical (unpaired) electrons. The van der Waals surface area contributed by atoms with Crippen molar-refractivity contribution in [2.45, 2.75) is 0 Å². The molecular weight excluding hydrogens is 278 g/mol. The van der Waals surface area contributed by atoms with Crippen LogP contribution in [0.15, 0.2) is 15.9 Å². The Morgan fingerprint density at radius 1 is 1.67 bits per heavy atom. The van der Waals surface area contributed by atoms with Crippen LogP contribution in [0, 0.1) is 0 Å². The molecule has 0 saturated carbocycles. The average molecular weight is 292 g/mol. The number of halogens is 1. The van der Waals surface area contributed by atoms with Crippen LogP contribution in [0.2, 0.25) is 0 Å². The minimum atomic E-state index is 0.149. The number of hydrogen-bond acceptors (Lipinski definition) is 4. The third-order valence-electron chi connectivity index (χ3n) is 1.96. The Hall–Kier alpha value is -0.230. The predicted molar refractivity (Wildman–Crippen MR) is 65.7 cm³/mol. The van der Waals surface area contributed by atoms with Gasteiger partial charge in [-0.15, -0.1) is 11.3 Å². The minimum absolute atomic E-state index is 0.149. The van der Waals surface area contributed by atoms with E-state index < -0.39 is 0 Å².